The van der Waals surface area contributed by atoms with Gasteiger partial charge in [0.15, 0.2) is 5.54 Å². The molecule has 1 aliphatic rings. The fraction of sp³-hybridized carbons (Fsp3) is 0.857. The van der Waals surface area contributed by atoms with Gasteiger partial charge in [-0.05, 0) is 13.0 Å². The molecule has 1 aliphatic heterocycles. The van der Waals surface area contributed by atoms with Crippen LogP contribution in [0.15, 0.2) is 0 Å². The maximum Gasteiger partial charge on any atom is 0.153 e. The molecule has 56 valence electrons. The Morgan fingerprint density at radius 3 is 2.70 bits per heavy atom. The Morgan fingerprint density at radius 1 is 1.70 bits per heavy atom. The van der Waals surface area contributed by atoms with Gasteiger partial charge in [0.05, 0.1) is 19.3 Å². The number of hydrogen-bond donors (Lipinski definition) is 1. The highest BCUT2D eigenvalue weighted by atomic mass is 16.5. The van der Waals surface area contributed by atoms with Gasteiger partial charge in [-0.25, -0.2) is 0 Å². The van der Waals surface area contributed by atoms with Gasteiger partial charge in [0.2, 0.25) is 0 Å². The first-order chi connectivity index (χ1) is 4.83. The molecule has 0 unspecified atom stereocenters. The van der Waals surface area contributed by atoms with Crippen LogP contribution in [-0.2, 0) is 4.74 Å². The van der Waals surface area contributed by atoms with Crippen molar-refractivity contribution in [2.75, 3.05) is 19.8 Å². The second-order valence-electron chi connectivity index (χ2n) is 2.61. The smallest absolute Gasteiger partial charge is 0.153 e. The molecular formula is C7H12N2O. The second-order valence-corrected chi connectivity index (χ2v) is 2.61. The molecule has 10 heavy (non-hydrogen) atoms. The summed E-state index contributed by atoms with van der Waals surface area (Å²) in [5, 5.41) is 11.8. The maximum absolute atomic E-state index is 8.67. The van der Waals surface area contributed by atoms with E-state index >= 15 is 0 Å². The van der Waals surface area contributed by atoms with E-state index in [-0.39, 0.29) is 5.54 Å². The summed E-state index contributed by atoms with van der Waals surface area (Å²) in [6.45, 7) is 4.07. The van der Waals surface area contributed by atoms with Crippen molar-refractivity contribution in [2.24, 2.45) is 0 Å². The van der Waals surface area contributed by atoms with Gasteiger partial charge in [0, 0.05) is 0 Å². The van der Waals surface area contributed by atoms with Crippen LogP contribution in [0.4, 0.5) is 0 Å². The monoisotopic (exact) mass is 140 g/mol. The molecule has 0 saturated carbocycles. The van der Waals surface area contributed by atoms with E-state index < -0.39 is 0 Å². The normalized spacial score (nSPS) is 21.2. The number of nitrogens with zero attached hydrogens (tertiary/aromatic N) is 1. The topological polar surface area (TPSA) is 45.0 Å². The summed E-state index contributed by atoms with van der Waals surface area (Å²) in [4.78, 5) is 0. The van der Waals surface area contributed by atoms with Crippen LogP contribution in [0.5, 0.6) is 0 Å². The fourth-order valence-electron chi connectivity index (χ4n) is 0.877. The lowest BCUT2D eigenvalue weighted by Crippen LogP contribution is -2.59. The lowest BCUT2D eigenvalue weighted by Gasteiger charge is -2.35. The van der Waals surface area contributed by atoms with Gasteiger partial charge in [-0.1, -0.05) is 6.92 Å². The summed E-state index contributed by atoms with van der Waals surface area (Å²) in [7, 11) is 0. The zero-order chi connectivity index (χ0) is 7.45. The Morgan fingerprint density at radius 2 is 2.40 bits per heavy atom. The molecule has 0 spiro atoms. The highest BCUT2D eigenvalue weighted by Crippen LogP contribution is 2.14. The van der Waals surface area contributed by atoms with E-state index in [1.54, 1.807) is 0 Å². The lowest BCUT2D eigenvalue weighted by atomic mass is 10.00. The van der Waals surface area contributed by atoms with Gasteiger partial charge >= 0.3 is 0 Å². The van der Waals surface area contributed by atoms with E-state index in [0.717, 1.165) is 13.0 Å². The molecule has 0 aromatic carbocycles. The van der Waals surface area contributed by atoms with Crippen molar-refractivity contribution in [2.45, 2.75) is 18.9 Å². The predicted molar refractivity (Wildman–Crippen MR) is 37.5 cm³/mol. The van der Waals surface area contributed by atoms with Gasteiger partial charge in [0.1, 0.15) is 0 Å². The zero-order valence-corrected chi connectivity index (χ0v) is 6.18. The molecule has 3 heteroatoms. The molecule has 0 atom stereocenters. The molecule has 0 aromatic heterocycles. The number of rotatable bonds is 3. The van der Waals surface area contributed by atoms with Gasteiger partial charge in [-0.2, -0.15) is 5.26 Å². The first-order valence-corrected chi connectivity index (χ1v) is 3.57. The quantitative estimate of drug-likeness (QED) is 0.612. The summed E-state index contributed by atoms with van der Waals surface area (Å²) in [5.41, 5.74) is -0.351. The standard InChI is InChI=1S/C7H12N2O/c1-2-3-9-7(4-8)5-10-6-7/h9H,2-3,5-6H2,1H3. The number of nitrogens with one attached hydrogen (secondary N) is 1. The molecule has 1 N–H and O–H groups in total. The van der Waals surface area contributed by atoms with Crippen LogP contribution >= 0.6 is 0 Å². The third-order valence-corrected chi connectivity index (χ3v) is 1.62. The minimum absolute atomic E-state index is 0.351. The maximum atomic E-state index is 8.67. The van der Waals surface area contributed by atoms with Gasteiger partial charge < -0.3 is 4.74 Å². The van der Waals surface area contributed by atoms with Crippen molar-refractivity contribution in [1.82, 2.24) is 5.32 Å². The van der Waals surface area contributed by atoms with Crippen molar-refractivity contribution in [3.05, 3.63) is 0 Å². The fourth-order valence-corrected chi connectivity index (χ4v) is 0.877. The van der Waals surface area contributed by atoms with Crippen molar-refractivity contribution >= 4 is 0 Å². The van der Waals surface area contributed by atoms with Crippen LogP contribution in [0.25, 0.3) is 0 Å². The molecule has 0 aliphatic carbocycles. The molecule has 0 bridgehead atoms. The van der Waals surface area contributed by atoms with E-state index in [4.69, 9.17) is 10.00 Å². The molecule has 0 radical (unpaired) electrons. The number of ether oxygens (including phenoxy) is 1. The average Bonchev–Trinajstić information content (AvgIpc) is 1.87. The number of nitriles is 1. The average molecular weight is 140 g/mol. The summed E-state index contributed by atoms with van der Waals surface area (Å²) >= 11 is 0. The van der Waals surface area contributed by atoms with Gasteiger partial charge in [-0.15, -0.1) is 0 Å². The summed E-state index contributed by atoms with van der Waals surface area (Å²) < 4.78 is 4.94. The van der Waals surface area contributed by atoms with E-state index in [0.29, 0.717) is 13.2 Å². The van der Waals surface area contributed by atoms with Crippen LogP contribution < -0.4 is 5.32 Å². The Balaban J connectivity index is 2.29. The van der Waals surface area contributed by atoms with E-state index in [9.17, 15) is 0 Å². The molecule has 0 amide bonds. The lowest BCUT2D eigenvalue weighted by molar-refractivity contribution is -0.0432. The zero-order valence-electron chi connectivity index (χ0n) is 6.18. The molecule has 1 rings (SSSR count). The third-order valence-electron chi connectivity index (χ3n) is 1.62. The Labute approximate surface area is 61.0 Å². The van der Waals surface area contributed by atoms with Crippen molar-refractivity contribution in [3.63, 3.8) is 0 Å². The van der Waals surface area contributed by atoms with Crippen LogP contribution in [-0.4, -0.2) is 25.3 Å². The van der Waals surface area contributed by atoms with Crippen LogP contribution in [0, 0.1) is 11.3 Å². The summed E-state index contributed by atoms with van der Waals surface area (Å²) in [6, 6.07) is 2.21. The van der Waals surface area contributed by atoms with E-state index in [1.807, 2.05) is 0 Å². The molecule has 1 saturated heterocycles. The Kier molecular flexibility index (Phi) is 2.25. The number of hydrogen-bond acceptors (Lipinski definition) is 3. The first-order valence-electron chi connectivity index (χ1n) is 3.57. The highest BCUT2D eigenvalue weighted by molar-refractivity contribution is 5.11. The molecular weight excluding hydrogens is 128 g/mol. The first kappa shape index (κ1) is 7.52. The van der Waals surface area contributed by atoms with E-state index in [1.165, 1.54) is 0 Å². The Hall–Kier alpha value is -0.590. The Bertz CT molecular complexity index is 146. The largest absolute Gasteiger partial charge is 0.375 e. The van der Waals surface area contributed by atoms with Crippen molar-refractivity contribution in [1.29, 1.82) is 5.26 Å². The van der Waals surface area contributed by atoms with Crippen molar-refractivity contribution in [3.8, 4) is 6.07 Å². The van der Waals surface area contributed by atoms with Gasteiger partial charge in [0.25, 0.3) is 0 Å². The van der Waals surface area contributed by atoms with E-state index in [2.05, 4.69) is 18.3 Å². The minimum atomic E-state index is -0.351. The van der Waals surface area contributed by atoms with Crippen LogP contribution in [0.3, 0.4) is 0 Å². The SMILES string of the molecule is CCCNC1(C#N)COC1. The highest BCUT2D eigenvalue weighted by Gasteiger charge is 2.37. The van der Waals surface area contributed by atoms with Crippen molar-refractivity contribution < 1.29 is 4.74 Å². The summed E-state index contributed by atoms with van der Waals surface area (Å²) in [6.07, 6.45) is 1.06. The predicted octanol–water partition coefficient (Wildman–Crippen LogP) is 0.279. The molecule has 1 heterocycles. The summed E-state index contributed by atoms with van der Waals surface area (Å²) in [5.74, 6) is 0. The van der Waals surface area contributed by atoms with Gasteiger partial charge in [-0.3, -0.25) is 5.32 Å². The second kappa shape index (κ2) is 3.00. The third kappa shape index (κ3) is 1.28. The van der Waals surface area contributed by atoms with Crippen LogP contribution in [0.1, 0.15) is 13.3 Å². The molecule has 0 aromatic rings. The van der Waals surface area contributed by atoms with Crippen LogP contribution in [0.2, 0.25) is 0 Å². The molecule has 1 fully saturated rings. The molecule has 3 nitrogen and oxygen atoms in total. The minimum Gasteiger partial charge on any atom is -0.375 e.